The number of phenols is 2. The number of amides is 1. The molecule has 1 aromatic carbocycles. The van der Waals surface area contributed by atoms with Gasteiger partial charge in [0, 0.05) is 38.0 Å². The standard InChI is InChI=1S/C25H33N3O6/c1-17-7-5-8-19(26)9-6-10-20(27-33-16-23(31)28-11-3-2-4-12-28)13-18-14-21(29)15-22(30)24(18)25(32)34-17/h5-6,8,10,14-15,17,19,29-30H,2-4,7,9,11-13,16,26H2,1H3. The van der Waals surface area contributed by atoms with Gasteiger partial charge >= 0.3 is 5.97 Å². The van der Waals surface area contributed by atoms with Crippen molar-refractivity contribution in [3.8, 4) is 11.5 Å². The van der Waals surface area contributed by atoms with Crippen LogP contribution in [-0.2, 0) is 20.8 Å². The van der Waals surface area contributed by atoms with Crippen LogP contribution in [0.2, 0.25) is 0 Å². The minimum absolute atomic E-state index is 0.0483. The van der Waals surface area contributed by atoms with Crippen molar-refractivity contribution in [2.24, 2.45) is 10.9 Å². The number of allylic oxidation sites excluding steroid dienone is 1. The first-order valence-corrected chi connectivity index (χ1v) is 11.6. The van der Waals surface area contributed by atoms with Crippen molar-refractivity contribution in [1.82, 2.24) is 4.90 Å². The molecular weight excluding hydrogens is 438 g/mol. The summed E-state index contributed by atoms with van der Waals surface area (Å²) < 4.78 is 5.48. The van der Waals surface area contributed by atoms with E-state index in [1.807, 2.05) is 18.2 Å². The van der Waals surface area contributed by atoms with Crippen LogP contribution < -0.4 is 5.73 Å². The summed E-state index contributed by atoms with van der Waals surface area (Å²) in [5.41, 5.74) is 6.78. The van der Waals surface area contributed by atoms with Gasteiger partial charge in [-0.05, 0) is 50.3 Å². The quantitative estimate of drug-likeness (QED) is 0.350. The van der Waals surface area contributed by atoms with Gasteiger partial charge in [0.1, 0.15) is 23.2 Å². The van der Waals surface area contributed by atoms with E-state index in [0.29, 0.717) is 24.1 Å². The van der Waals surface area contributed by atoms with Crippen molar-refractivity contribution in [2.45, 2.75) is 57.6 Å². The Bertz CT molecular complexity index is 966. The second-order valence-electron chi connectivity index (χ2n) is 8.66. The predicted octanol–water partition coefficient (Wildman–Crippen LogP) is 2.80. The van der Waals surface area contributed by atoms with E-state index < -0.39 is 12.1 Å². The number of piperidine rings is 1. The van der Waals surface area contributed by atoms with E-state index in [2.05, 4.69) is 5.16 Å². The lowest BCUT2D eigenvalue weighted by atomic mass is 9.99. The Labute approximate surface area is 199 Å². The van der Waals surface area contributed by atoms with Crippen molar-refractivity contribution in [2.75, 3.05) is 19.7 Å². The molecule has 4 N–H and O–H groups in total. The van der Waals surface area contributed by atoms with Crippen LogP contribution in [0.1, 0.15) is 54.9 Å². The number of benzene rings is 1. The highest BCUT2D eigenvalue weighted by atomic mass is 16.6. The van der Waals surface area contributed by atoms with Crippen LogP contribution in [0.5, 0.6) is 11.5 Å². The summed E-state index contributed by atoms with van der Waals surface area (Å²) in [6.45, 7) is 2.99. The fraction of sp³-hybridized carbons (Fsp3) is 0.480. The molecule has 0 saturated carbocycles. The monoisotopic (exact) mass is 471 g/mol. The molecule has 2 aliphatic heterocycles. The van der Waals surface area contributed by atoms with Crippen molar-refractivity contribution in [3.05, 3.63) is 47.6 Å². The Morgan fingerprint density at radius 3 is 2.74 bits per heavy atom. The molecular formula is C25H33N3O6. The van der Waals surface area contributed by atoms with Crippen LogP contribution in [0.3, 0.4) is 0 Å². The maximum Gasteiger partial charge on any atom is 0.342 e. The predicted molar refractivity (Wildman–Crippen MR) is 128 cm³/mol. The average molecular weight is 472 g/mol. The van der Waals surface area contributed by atoms with Crippen LogP contribution in [0.15, 0.2) is 41.6 Å². The zero-order chi connectivity index (χ0) is 24.5. The highest BCUT2D eigenvalue weighted by Gasteiger charge is 2.22. The van der Waals surface area contributed by atoms with Crippen molar-refractivity contribution in [3.63, 3.8) is 0 Å². The molecule has 184 valence electrons. The number of esters is 1. The number of nitrogens with two attached hydrogens (primary N) is 1. The molecule has 0 radical (unpaired) electrons. The second-order valence-corrected chi connectivity index (χ2v) is 8.66. The fourth-order valence-electron chi connectivity index (χ4n) is 3.94. The number of oxime groups is 1. The van der Waals surface area contributed by atoms with Gasteiger partial charge in [-0.25, -0.2) is 4.79 Å². The van der Waals surface area contributed by atoms with E-state index in [0.717, 1.165) is 38.4 Å². The molecule has 1 fully saturated rings. The van der Waals surface area contributed by atoms with Crippen molar-refractivity contribution >= 4 is 17.6 Å². The number of carbonyl (C=O) groups excluding carboxylic acids is 2. The number of fused-ring (bicyclic) bond motifs is 1. The van der Waals surface area contributed by atoms with Gasteiger partial charge in [0.05, 0.1) is 5.71 Å². The third kappa shape index (κ3) is 7.34. The molecule has 1 saturated heterocycles. The van der Waals surface area contributed by atoms with E-state index >= 15 is 0 Å². The normalized spacial score (nSPS) is 23.2. The summed E-state index contributed by atoms with van der Waals surface area (Å²) in [5, 5.41) is 24.5. The van der Waals surface area contributed by atoms with Gasteiger partial charge in [-0.1, -0.05) is 23.4 Å². The maximum absolute atomic E-state index is 12.8. The zero-order valence-electron chi connectivity index (χ0n) is 19.5. The molecule has 1 amide bonds. The number of nitrogens with zero attached hydrogens (tertiary/aromatic N) is 2. The van der Waals surface area contributed by atoms with Gasteiger partial charge in [0.25, 0.3) is 5.91 Å². The Morgan fingerprint density at radius 1 is 1.21 bits per heavy atom. The van der Waals surface area contributed by atoms with E-state index in [1.54, 1.807) is 17.9 Å². The molecule has 2 aliphatic rings. The van der Waals surface area contributed by atoms with Crippen molar-refractivity contribution < 1.29 is 29.4 Å². The molecule has 1 aromatic rings. The molecule has 9 nitrogen and oxygen atoms in total. The molecule has 0 aliphatic carbocycles. The highest BCUT2D eigenvalue weighted by Crippen LogP contribution is 2.29. The van der Waals surface area contributed by atoms with Crippen molar-refractivity contribution in [1.29, 1.82) is 0 Å². The summed E-state index contributed by atoms with van der Waals surface area (Å²) in [5.74, 6) is -1.43. The SMILES string of the molecule is CC1CC=CC(N)CC=CC(=NOCC(=O)N2CCCCC2)Cc2cc(O)cc(O)c2C(=O)O1. The van der Waals surface area contributed by atoms with E-state index in [-0.39, 0.29) is 42.0 Å². The second kappa shape index (κ2) is 12.2. The number of aromatic hydroxyl groups is 2. The summed E-state index contributed by atoms with van der Waals surface area (Å²) in [6.07, 6.45) is 10.9. The van der Waals surface area contributed by atoms with Gasteiger partial charge in [0.15, 0.2) is 6.61 Å². The number of carbonyl (C=O) groups is 2. The molecule has 2 heterocycles. The van der Waals surface area contributed by atoms with Gasteiger partial charge in [0.2, 0.25) is 0 Å². The van der Waals surface area contributed by atoms with Gasteiger partial charge in [-0.15, -0.1) is 0 Å². The van der Waals surface area contributed by atoms with E-state index in [9.17, 15) is 19.8 Å². The largest absolute Gasteiger partial charge is 0.508 e. The number of hydrogen-bond acceptors (Lipinski definition) is 8. The van der Waals surface area contributed by atoms with Gasteiger partial charge in [-0.3, -0.25) is 4.79 Å². The topological polar surface area (TPSA) is 135 Å². The number of phenolic OH excluding ortho intramolecular Hbond substituents is 2. The van der Waals surface area contributed by atoms with Crippen LogP contribution >= 0.6 is 0 Å². The number of rotatable bonds is 3. The molecule has 2 atom stereocenters. The molecule has 2 unspecified atom stereocenters. The third-order valence-corrected chi connectivity index (χ3v) is 5.72. The summed E-state index contributed by atoms with van der Waals surface area (Å²) in [7, 11) is 0. The first kappa shape index (κ1) is 25.3. The lowest BCUT2D eigenvalue weighted by Gasteiger charge is -2.26. The Morgan fingerprint density at radius 2 is 1.97 bits per heavy atom. The highest BCUT2D eigenvalue weighted by molar-refractivity contribution is 6.00. The lowest BCUT2D eigenvalue weighted by molar-refractivity contribution is -0.137. The number of cyclic esters (lactones) is 1. The first-order valence-electron chi connectivity index (χ1n) is 11.6. The van der Waals surface area contributed by atoms with E-state index in [4.69, 9.17) is 15.3 Å². The number of ether oxygens (including phenoxy) is 1. The Hall–Kier alpha value is -3.33. The smallest absolute Gasteiger partial charge is 0.342 e. The summed E-state index contributed by atoms with van der Waals surface area (Å²) in [6, 6.07) is 2.24. The number of hydrogen-bond donors (Lipinski definition) is 3. The molecule has 0 aromatic heterocycles. The van der Waals surface area contributed by atoms with Gasteiger partial charge < -0.3 is 30.4 Å². The van der Waals surface area contributed by atoms with Crippen LogP contribution in [0, 0.1) is 0 Å². The Balaban J connectivity index is 1.86. The minimum atomic E-state index is -0.709. The van der Waals surface area contributed by atoms with Crippen LogP contribution in [0.4, 0.5) is 0 Å². The molecule has 0 bridgehead atoms. The van der Waals surface area contributed by atoms with Crippen LogP contribution in [0.25, 0.3) is 0 Å². The first-order chi connectivity index (χ1) is 16.3. The molecule has 0 spiro atoms. The van der Waals surface area contributed by atoms with Gasteiger partial charge in [-0.2, -0.15) is 0 Å². The van der Waals surface area contributed by atoms with E-state index in [1.165, 1.54) is 6.07 Å². The average Bonchev–Trinajstić information content (AvgIpc) is 2.78. The Kier molecular flexibility index (Phi) is 9.09. The summed E-state index contributed by atoms with van der Waals surface area (Å²) in [4.78, 5) is 32.3. The number of likely N-dealkylation sites (tertiary alicyclic amines) is 1. The fourth-order valence-corrected chi connectivity index (χ4v) is 3.94. The third-order valence-electron chi connectivity index (χ3n) is 5.72. The maximum atomic E-state index is 12.8. The zero-order valence-corrected chi connectivity index (χ0v) is 19.5. The molecule has 3 rings (SSSR count). The molecule has 34 heavy (non-hydrogen) atoms. The lowest BCUT2D eigenvalue weighted by Crippen LogP contribution is -2.37. The summed E-state index contributed by atoms with van der Waals surface area (Å²) >= 11 is 0. The molecule has 9 heteroatoms. The minimum Gasteiger partial charge on any atom is -0.508 e. The van der Waals surface area contributed by atoms with Crippen LogP contribution in [-0.4, -0.2) is 64.5 Å².